The van der Waals surface area contributed by atoms with Gasteiger partial charge in [-0.15, -0.1) is 0 Å². The molecule has 1 saturated carbocycles. The Balaban J connectivity index is 1.96. The zero-order chi connectivity index (χ0) is 12.3. The Labute approximate surface area is 120 Å². The number of halogens is 1. The molecule has 1 aromatic carbocycles. The quantitative estimate of drug-likeness (QED) is 0.834. The molecule has 0 bridgehead atoms. The van der Waals surface area contributed by atoms with Gasteiger partial charge in [0.05, 0.1) is 5.56 Å². The summed E-state index contributed by atoms with van der Waals surface area (Å²) >= 11 is 4.09. The molecule has 0 radical (unpaired) electrons. The van der Waals surface area contributed by atoms with E-state index in [1.165, 1.54) is 19.3 Å². The third-order valence-electron chi connectivity index (χ3n) is 3.39. The van der Waals surface area contributed by atoms with E-state index in [1.54, 1.807) is 0 Å². The fourth-order valence-electron chi connectivity index (χ4n) is 2.01. The summed E-state index contributed by atoms with van der Waals surface area (Å²) in [6, 6.07) is 7.70. The highest BCUT2D eigenvalue weighted by atomic mass is 127. The summed E-state index contributed by atoms with van der Waals surface area (Å²) in [5.74, 6) is 0.0512. The number of nitrogens with one attached hydrogen (secondary N) is 1. The van der Waals surface area contributed by atoms with E-state index in [-0.39, 0.29) is 5.91 Å². The molecule has 1 aliphatic carbocycles. The third kappa shape index (κ3) is 2.96. The minimum Gasteiger partial charge on any atom is -0.351 e. The van der Waals surface area contributed by atoms with Crippen molar-refractivity contribution in [3.05, 3.63) is 33.4 Å². The molecule has 4 heteroatoms. The van der Waals surface area contributed by atoms with E-state index >= 15 is 0 Å². The molecule has 0 saturated heterocycles. The molecule has 1 N–H and O–H groups in total. The van der Waals surface area contributed by atoms with Crippen LogP contribution in [-0.4, -0.2) is 23.5 Å². The van der Waals surface area contributed by atoms with Gasteiger partial charge in [-0.25, -0.2) is 0 Å². The Kier molecular flexibility index (Phi) is 4.36. The highest BCUT2D eigenvalue weighted by molar-refractivity contribution is 14.1. The first-order valence-corrected chi connectivity index (χ1v) is 8.05. The van der Waals surface area contributed by atoms with Gasteiger partial charge in [-0.2, -0.15) is 11.8 Å². The molecule has 0 heterocycles. The van der Waals surface area contributed by atoms with Crippen molar-refractivity contribution in [2.24, 2.45) is 0 Å². The van der Waals surface area contributed by atoms with Gasteiger partial charge in [0, 0.05) is 14.9 Å². The summed E-state index contributed by atoms with van der Waals surface area (Å²) in [5.41, 5.74) is 0.781. The van der Waals surface area contributed by atoms with Crippen LogP contribution >= 0.6 is 34.4 Å². The van der Waals surface area contributed by atoms with Crippen LogP contribution in [0.3, 0.4) is 0 Å². The van der Waals surface area contributed by atoms with Crippen molar-refractivity contribution in [3.63, 3.8) is 0 Å². The smallest absolute Gasteiger partial charge is 0.252 e. The normalized spacial score (nSPS) is 17.3. The SMILES string of the molecule is CSC1(CNC(=O)c2ccccc2I)CCC1. The van der Waals surface area contributed by atoms with Crippen LogP contribution in [0.1, 0.15) is 29.6 Å². The second-order valence-electron chi connectivity index (χ2n) is 4.40. The van der Waals surface area contributed by atoms with Crippen LogP contribution in [0.5, 0.6) is 0 Å². The number of rotatable bonds is 4. The Morgan fingerprint density at radius 1 is 1.47 bits per heavy atom. The summed E-state index contributed by atoms with van der Waals surface area (Å²) in [4.78, 5) is 12.0. The largest absolute Gasteiger partial charge is 0.351 e. The van der Waals surface area contributed by atoms with Crippen molar-refractivity contribution < 1.29 is 4.79 Å². The third-order valence-corrected chi connectivity index (χ3v) is 5.75. The van der Waals surface area contributed by atoms with Crippen molar-refractivity contribution in [1.29, 1.82) is 0 Å². The van der Waals surface area contributed by atoms with Gasteiger partial charge in [-0.1, -0.05) is 18.6 Å². The number of hydrogen-bond acceptors (Lipinski definition) is 2. The number of carbonyl (C=O) groups excluding carboxylic acids is 1. The van der Waals surface area contributed by atoms with Gasteiger partial charge in [0.1, 0.15) is 0 Å². The predicted molar refractivity (Wildman–Crippen MR) is 81.6 cm³/mol. The molecular weight excluding hydrogens is 345 g/mol. The second kappa shape index (κ2) is 5.61. The molecule has 1 aromatic rings. The summed E-state index contributed by atoms with van der Waals surface area (Å²) < 4.78 is 1.31. The second-order valence-corrected chi connectivity index (χ2v) is 6.84. The van der Waals surface area contributed by atoms with Gasteiger partial charge in [0.2, 0.25) is 0 Å². The lowest BCUT2D eigenvalue weighted by molar-refractivity contribution is 0.0943. The number of amides is 1. The lowest BCUT2D eigenvalue weighted by atomic mass is 9.84. The Bertz CT molecular complexity index is 412. The topological polar surface area (TPSA) is 29.1 Å². The standard InChI is InChI=1S/C13H16INOS/c1-17-13(7-4-8-13)9-15-12(16)10-5-2-3-6-11(10)14/h2-3,5-6H,4,7-9H2,1H3,(H,15,16). The minimum absolute atomic E-state index is 0.0512. The molecule has 92 valence electrons. The molecule has 2 nitrogen and oxygen atoms in total. The molecule has 0 unspecified atom stereocenters. The molecule has 0 aliphatic heterocycles. The maximum atomic E-state index is 12.0. The van der Waals surface area contributed by atoms with Crippen molar-refractivity contribution >= 4 is 40.3 Å². The van der Waals surface area contributed by atoms with E-state index in [1.807, 2.05) is 36.0 Å². The Morgan fingerprint density at radius 3 is 2.71 bits per heavy atom. The molecule has 1 aliphatic rings. The first-order valence-electron chi connectivity index (χ1n) is 5.75. The van der Waals surface area contributed by atoms with E-state index < -0.39 is 0 Å². The molecule has 0 spiro atoms. The van der Waals surface area contributed by atoms with Crippen LogP contribution in [0, 0.1) is 3.57 Å². The Morgan fingerprint density at radius 2 is 2.18 bits per heavy atom. The molecule has 17 heavy (non-hydrogen) atoms. The van der Waals surface area contributed by atoms with Gasteiger partial charge in [-0.05, 0) is 53.8 Å². The number of hydrogen-bond donors (Lipinski definition) is 1. The van der Waals surface area contributed by atoms with Crippen LogP contribution in [0.2, 0.25) is 0 Å². The summed E-state index contributed by atoms with van der Waals surface area (Å²) in [5, 5.41) is 3.07. The van der Waals surface area contributed by atoms with Crippen molar-refractivity contribution in [1.82, 2.24) is 5.32 Å². The summed E-state index contributed by atoms with van der Waals surface area (Å²) in [6.45, 7) is 0.790. The molecule has 0 atom stereocenters. The van der Waals surface area contributed by atoms with Gasteiger partial charge < -0.3 is 5.32 Å². The molecule has 1 fully saturated rings. The Hall–Kier alpha value is -0.230. The first kappa shape index (κ1) is 13.2. The van der Waals surface area contributed by atoms with Gasteiger partial charge in [0.15, 0.2) is 0 Å². The molecule has 2 rings (SSSR count). The highest BCUT2D eigenvalue weighted by Crippen LogP contribution is 2.42. The first-order chi connectivity index (χ1) is 8.17. The molecular formula is C13H16INOS. The summed E-state index contributed by atoms with van der Waals surface area (Å²) in [7, 11) is 0. The monoisotopic (exact) mass is 361 g/mol. The van der Waals surface area contributed by atoms with E-state index in [0.717, 1.165) is 15.7 Å². The van der Waals surface area contributed by atoms with Gasteiger partial charge in [-0.3, -0.25) is 4.79 Å². The van der Waals surface area contributed by atoms with Crippen LogP contribution in [-0.2, 0) is 0 Å². The number of benzene rings is 1. The summed E-state index contributed by atoms with van der Waals surface area (Å²) in [6.07, 6.45) is 5.87. The number of carbonyl (C=O) groups is 1. The lowest BCUT2D eigenvalue weighted by Gasteiger charge is -2.40. The highest BCUT2D eigenvalue weighted by Gasteiger charge is 2.36. The average molecular weight is 361 g/mol. The van der Waals surface area contributed by atoms with Gasteiger partial charge >= 0.3 is 0 Å². The lowest BCUT2D eigenvalue weighted by Crippen LogP contribution is -2.45. The number of thioether (sulfide) groups is 1. The van der Waals surface area contributed by atoms with E-state index in [0.29, 0.717) is 4.75 Å². The van der Waals surface area contributed by atoms with Crippen LogP contribution in [0.15, 0.2) is 24.3 Å². The van der Waals surface area contributed by atoms with Crippen molar-refractivity contribution in [3.8, 4) is 0 Å². The van der Waals surface area contributed by atoms with Crippen LogP contribution in [0.4, 0.5) is 0 Å². The van der Waals surface area contributed by atoms with E-state index in [4.69, 9.17) is 0 Å². The maximum absolute atomic E-state index is 12.0. The van der Waals surface area contributed by atoms with Crippen LogP contribution in [0.25, 0.3) is 0 Å². The molecule has 1 amide bonds. The zero-order valence-electron chi connectivity index (χ0n) is 9.83. The average Bonchev–Trinajstić information content (AvgIpc) is 2.28. The van der Waals surface area contributed by atoms with Gasteiger partial charge in [0.25, 0.3) is 5.91 Å². The van der Waals surface area contributed by atoms with Crippen molar-refractivity contribution in [2.45, 2.75) is 24.0 Å². The van der Waals surface area contributed by atoms with Crippen molar-refractivity contribution in [2.75, 3.05) is 12.8 Å². The zero-order valence-corrected chi connectivity index (χ0v) is 12.8. The maximum Gasteiger partial charge on any atom is 0.252 e. The predicted octanol–water partition coefficient (Wildman–Crippen LogP) is 3.31. The minimum atomic E-state index is 0.0512. The fraction of sp³-hybridized carbons (Fsp3) is 0.462. The van der Waals surface area contributed by atoms with E-state index in [2.05, 4.69) is 34.2 Å². The molecule has 0 aromatic heterocycles. The fourth-order valence-corrected chi connectivity index (χ4v) is 3.55. The van der Waals surface area contributed by atoms with E-state index in [9.17, 15) is 4.79 Å². The van der Waals surface area contributed by atoms with Crippen LogP contribution < -0.4 is 5.32 Å².